The number of carbonyl (C=O) groups excluding carboxylic acids is 2. The minimum Gasteiger partial charge on any atom is -0.336 e. The molecule has 0 bridgehead atoms. The average Bonchev–Trinajstić information content (AvgIpc) is 2.37. The fourth-order valence-electron chi connectivity index (χ4n) is 2.70. The van der Waals surface area contributed by atoms with Crippen molar-refractivity contribution in [3.63, 3.8) is 0 Å². The van der Waals surface area contributed by atoms with Crippen molar-refractivity contribution in [3.05, 3.63) is 34.4 Å². The molecule has 0 aromatic heterocycles. The fraction of sp³-hybridized carbons (Fsp3) is 0.385. The van der Waals surface area contributed by atoms with Gasteiger partial charge in [-0.3, -0.25) is 14.9 Å². The molecule has 2 aliphatic rings. The maximum Gasteiger partial charge on any atom is 0.328 e. The van der Waals surface area contributed by atoms with Gasteiger partial charge in [0.05, 0.1) is 16.0 Å². The summed E-state index contributed by atoms with van der Waals surface area (Å²) in [4.78, 5) is 35.7. The van der Waals surface area contributed by atoms with Crippen LogP contribution in [-0.4, -0.2) is 23.4 Å². The van der Waals surface area contributed by atoms with Crippen LogP contribution in [0, 0.1) is 15.5 Å². The van der Waals surface area contributed by atoms with Crippen LogP contribution < -0.4 is 10.2 Å². The molecular weight excluding hydrogens is 262 g/mol. The lowest BCUT2D eigenvalue weighted by Gasteiger charge is -2.46. The number of anilines is 1. The van der Waals surface area contributed by atoms with Gasteiger partial charge in [0.15, 0.2) is 0 Å². The van der Waals surface area contributed by atoms with Crippen molar-refractivity contribution in [3.8, 4) is 0 Å². The minimum atomic E-state index is -0.547. The highest BCUT2D eigenvalue weighted by atomic mass is 16.6. The molecule has 3 amide bonds. The van der Waals surface area contributed by atoms with Crippen LogP contribution in [0.5, 0.6) is 0 Å². The highest BCUT2D eigenvalue weighted by Crippen LogP contribution is 2.44. The Morgan fingerprint density at radius 2 is 2.05 bits per heavy atom. The van der Waals surface area contributed by atoms with Crippen molar-refractivity contribution in [1.82, 2.24) is 5.32 Å². The molecule has 0 radical (unpaired) electrons. The van der Waals surface area contributed by atoms with Crippen molar-refractivity contribution in [2.45, 2.75) is 19.3 Å². The van der Waals surface area contributed by atoms with Crippen LogP contribution >= 0.6 is 0 Å². The van der Waals surface area contributed by atoms with Gasteiger partial charge in [-0.05, 0) is 18.9 Å². The fourth-order valence-corrected chi connectivity index (χ4v) is 2.70. The van der Waals surface area contributed by atoms with Gasteiger partial charge in [0.2, 0.25) is 5.91 Å². The number of nitrogens with one attached hydrogen (secondary N) is 1. The molecule has 2 fully saturated rings. The van der Waals surface area contributed by atoms with E-state index < -0.39 is 16.4 Å². The van der Waals surface area contributed by atoms with Crippen LogP contribution in [0.1, 0.15) is 19.3 Å². The standard InChI is InChI=1S/C13H13N3O4/c17-11-13(5-2-6-13)8-14-12(18)15(11)9-3-1-4-10(7-9)16(19)20/h1,3-4,7H,2,5-6,8H2,(H,14,18). The molecule has 1 saturated heterocycles. The van der Waals surface area contributed by atoms with Gasteiger partial charge in [0, 0.05) is 18.7 Å². The molecule has 1 aliphatic carbocycles. The van der Waals surface area contributed by atoms with Crippen LogP contribution in [-0.2, 0) is 4.79 Å². The first-order chi connectivity index (χ1) is 9.53. The molecule has 20 heavy (non-hydrogen) atoms. The quantitative estimate of drug-likeness (QED) is 0.658. The number of hydrogen-bond donors (Lipinski definition) is 1. The maximum absolute atomic E-state index is 12.5. The summed E-state index contributed by atoms with van der Waals surface area (Å²) in [5.41, 5.74) is -0.414. The van der Waals surface area contributed by atoms with Gasteiger partial charge in [-0.25, -0.2) is 9.69 Å². The highest BCUT2D eigenvalue weighted by molar-refractivity contribution is 6.18. The Hall–Kier alpha value is -2.44. The van der Waals surface area contributed by atoms with Gasteiger partial charge in [-0.2, -0.15) is 0 Å². The molecule has 0 unspecified atom stereocenters. The van der Waals surface area contributed by atoms with Crippen molar-refractivity contribution < 1.29 is 14.5 Å². The number of amides is 3. The predicted octanol–water partition coefficient (Wildman–Crippen LogP) is 1.82. The molecule has 7 heteroatoms. The van der Waals surface area contributed by atoms with Gasteiger partial charge < -0.3 is 5.32 Å². The minimum absolute atomic E-state index is 0.142. The summed E-state index contributed by atoms with van der Waals surface area (Å²) in [6.07, 6.45) is 2.46. The van der Waals surface area contributed by atoms with E-state index in [0.29, 0.717) is 6.54 Å². The van der Waals surface area contributed by atoms with E-state index in [1.54, 1.807) is 0 Å². The summed E-state index contributed by atoms with van der Waals surface area (Å²) in [5.74, 6) is -0.256. The topological polar surface area (TPSA) is 92.6 Å². The van der Waals surface area contributed by atoms with Crippen LogP contribution in [0.2, 0.25) is 0 Å². The molecule has 1 N–H and O–H groups in total. The van der Waals surface area contributed by atoms with E-state index in [1.165, 1.54) is 24.3 Å². The lowest BCUT2D eigenvalue weighted by molar-refractivity contribution is -0.384. The summed E-state index contributed by atoms with van der Waals surface area (Å²) in [6, 6.07) is 5.05. The largest absolute Gasteiger partial charge is 0.336 e. The number of nitro benzene ring substituents is 1. The SMILES string of the molecule is O=C1NCC2(CCC2)C(=O)N1c1cccc([N+](=O)[O-])c1. The van der Waals surface area contributed by atoms with E-state index in [1.807, 2.05) is 0 Å². The third-order valence-corrected chi connectivity index (χ3v) is 4.05. The van der Waals surface area contributed by atoms with Crippen LogP contribution in [0.15, 0.2) is 24.3 Å². The first-order valence-electron chi connectivity index (χ1n) is 6.40. The van der Waals surface area contributed by atoms with E-state index in [0.717, 1.165) is 24.2 Å². The monoisotopic (exact) mass is 275 g/mol. The number of carbonyl (C=O) groups is 2. The van der Waals surface area contributed by atoms with Crippen LogP contribution in [0.4, 0.5) is 16.2 Å². The normalized spacial score (nSPS) is 20.5. The number of benzene rings is 1. The molecule has 3 rings (SSSR count). The molecule has 0 atom stereocenters. The second kappa shape index (κ2) is 4.29. The second-order valence-corrected chi connectivity index (χ2v) is 5.21. The van der Waals surface area contributed by atoms with Crippen molar-refractivity contribution in [2.75, 3.05) is 11.4 Å². The van der Waals surface area contributed by atoms with Crippen molar-refractivity contribution >= 4 is 23.3 Å². The van der Waals surface area contributed by atoms with E-state index in [9.17, 15) is 19.7 Å². The molecule has 1 saturated carbocycles. The molecule has 104 valence electrons. The Balaban J connectivity index is 1.98. The average molecular weight is 275 g/mol. The number of nitrogens with zero attached hydrogens (tertiary/aromatic N) is 2. The predicted molar refractivity (Wildman–Crippen MR) is 70.3 cm³/mol. The second-order valence-electron chi connectivity index (χ2n) is 5.21. The summed E-state index contributed by atoms with van der Waals surface area (Å²) >= 11 is 0. The number of non-ortho nitro benzene ring substituents is 1. The molecule has 1 aromatic carbocycles. The Morgan fingerprint density at radius 3 is 2.65 bits per heavy atom. The maximum atomic E-state index is 12.5. The number of imide groups is 1. The Labute approximate surface area is 114 Å². The first kappa shape index (κ1) is 12.6. The number of nitro groups is 1. The third-order valence-electron chi connectivity index (χ3n) is 4.05. The van der Waals surface area contributed by atoms with E-state index in [4.69, 9.17) is 0 Å². The number of hydrogen-bond acceptors (Lipinski definition) is 4. The Morgan fingerprint density at radius 1 is 1.30 bits per heavy atom. The highest BCUT2D eigenvalue weighted by Gasteiger charge is 2.51. The van der Waals surface area contributed by atoms with Crippen LogP contribution in [0.3, 0.4) is 0 Å². The van der Waals surface area contributed by atoms with E-state index in [2.05, 4.69) is 5.32 Å². The van der Waals surface area contributed by atoms with Gasteiger partial charge in [0.25, 0.3) is 5.69 Å². The lowest BCUT2D eigenvalue weighted by atomic mass is 9.67. The van der Waals surface area contributed by atoms with Gasteiger partial charge in [-0.1, -0.05) is 12.5 Å². The third kappa shape index (κ3) is 1.74. The number of rotatable bonds is 2. The molecule has 7 nitrogen and oxygen atoms in total. The number of urea groups is 1. The first-order valence-corrected chi connectivity index (χ1v) is 6.40. The van der Waals surface area contributed by atoms with Gasteiger partial charge >= 0.3 is 6.03 Å². The summed E-state index contributed by atoms with van der Waals surface area (Å²) in [7, 11) is 0. The van der Waals surface area contributed by atoms with E-state index in [-0.39, 0.29) is 17.3 Å². The zero-order valence-corrected chi connectivity index (χ0v) is 10.7. The van der Waals surface area contributed by atoms with Gasteiger partial charge in [0.1, 0.15) is 0 Å². The van der Waals surface area contributed by atoms with Crippen molar-refractivity contribution in [2.24, 2.45) is 5.41 Å². The molecular formula is C13H13N3O4. The van der Waals surface area contributed by atoms with Crippen molar-refractivity contribution in [1.29, 1.82) is 0 Å². The smallest absolute Gasteiger partial charge is 0.328 e. The summed E-state index contributed by atoms with van der Waals surface area (Å²) in [5, 5.41) is 13.5. The Kier molecular flexibility index (Phi) is 2.70. The zero-order valence-electron chi connectivity index (χ0n) is 10.7. The Bertz CT molecular complexity index is 609. The summed E-state index contributed by atoms with van der Waals surface area (Å²) < 4.78 is 0. The molecule has 1 heterocycles. The lowest BCUT2D eigenvalue weighted by Crippen LogP contribution is -2.63. The van der Waals surface area contributed by atoms with Gasteiger partial charge in [-0.15, -0.1) is 0 Å². The molecule has 1 aliphatic heterocycles. The molecule has 1 spiro atoms. The summed E-state index contributed by atoms with van der Waals surface area (Å²) in [6.45, 7) is 0.357. The van der Waals surface area contributed by atoms with Crippen LogP contribution in [0.25, 0.3) is 0 Å². The molecule has 1 aromatic rings. The van der Waals surface area contributed by atoms with E-state index >= 15 is 0 Å². The zero-order chi connectivity index (χ0) is 14.3.